The maximum atomic E-state index is 13.0. The average molecular weight is 377 g/mol. The molecule has 1 aromatic carbocycles. The number of hydrogen-bond donors (Lipinski definition) is 1. The molecule has 0 heterocycles. The van der Waals surface area contributed by atoms with Gasteiger partial charge in [-0.15, -0.1) is 0 Å². The minimum Gasteiger partial charge on any atom is -0.493 e. The van der Waals surface area contributed by atoms with Crippen LogP contribution in [0.15, 0.2) is 18.2 Å². The van der Waals surface area contributed by atoms with Crippen molar-refractivity contribution < 1.29 is 23.8 Å². The molecule has 0 spiro atoms. The van der Waals surface area contributed by atoms with E-state index in [-0.39, 0.29) is 12.5 Å². The van der Waals surface area contributed by atoms with Gasteiger partial charge in [0.2, 0.25) is 0 Å². The van der Waals surface area contributed by atoms with E-state index < -0.39 is 11.6 Å². The Kier molecular flexibility index (Phi) is 8.10. The van der Waals surface area contributed by atoms with Crippen LogP contribution in [-0.2, 0) is 14.3 Å². The van der Waals surface area contributed by atoms with Gasteiger partial charge in [0.1, 0.15) is 16.9 Å². The molecule has 27 heavy (non-hydrogen) atoms. The van der Waals surface area contributed by atoms with Crippen LogP contribution in [-0.4, -0.2) is 37.8 Å². The SMILES string of the molecule is CCCOc1ccc(NC(=O)C2(OC)CCCCCC2)cc1C(=O)OCC. The molecule has 0 unspecified atom stereocenters. The molecule has 150 valence electrons. The van der Waals surface area contributed by atoms with Gasteiger partial charge in [-0.1, -0.05) is 32.6 Å². The first kappa shape index (κ1) is 21.2. The number of anilines is 1. The Labute approximate surface area is 161 Å². The van der Waals surface area contributed by atoms with E-state index in [9.17, 15) is 9.59 Å². The fourth-order valence-corrected chi connectivity index (χ4v) is 3.38. The number of hydrogen-bond acceptors (Lipinski definition) is 5. The number of rotatable bonds is 8. The molecule has 0 atom stereocenters. The number of nitrogens with one attached hydrogen (secondary N) is 1. The van der Waals surface area contributed by atoms with Crippen molar-refractivity contribution in [2.45, 2.75) is 64.4 Å². The number of carbonyl (C=O) groups is 2. The lowest BCUT2D eigenvalue weighted by molar-refractivity contribution is -0.139. The topological polar surface area (TPSA) is 73.9 Å². The third kappa shape index (κ3) is 5.45. The largest absolute Gasteiger partial charge is 0.493 e. The maximum absolute atomic E-state index is 13.0. The molecule has 0 radical (unpaired) electrons. The molecule has 0 aliphatic heterocycles. The maximum Gasteiger partial charge on any atom is 0.341 e. The van der Waals surface area contributed by atoms with Crippen molar-refractivity contribution in [2.24, 2.45) is 0 Å². The van der Waals surface area contributed by atoms with E-state index >= 15 is 0 Å². The zero-order valence-corrected chi connectivity index (χ0v) is 16.6. The van der Waals surface area contributed by atoms with Crippen LogP contribution in [0.1, 0.15) is 69.2 Å². The normalized spacial score (nSPS) is 16.3. The van der Waals surface area contributed by atoms with Crippen molar-refractivity contribution in [1.29, 1.82) is 0 Å². The second-order valence-corrected chi connectivity index (χ2v) is 6.85. The van der Waals surface area contributed by atoms with Crippen LogP contribution >= 0.6 is 0 Å². The third-order valence-corrected chi connectivity index (χ3v) is 4.91. The smallest absolute Gasteiger partial charge is 0.341 e. The van der Waals surface area contributed by atoms with E-state index in [1.807, 2.05) is 6.92 Å². The summed E-state index contributed by atoms with van der Waals surface area (Å²) in [4.78, 5) is 25.2. The van der Waals surface area contributed by atoms with Crippen LogP contribution < -0.4 is 10.1 Å². The molecule has 6 heteroatoms. The fraction of sp³-hybridized carbons (Fsp3) is 0.619. The molecule has 1 saturated carbocycles. The molecule has 6 nitrogen and oxygen atoms in total. The molecular weight excluding hydrogens is 346 g/mol. The van der Waals surface area contributed by atoms with Gasteiger partial charge < -0.3 is 19.5 Å². The first-order chi connectivity index (χ1) is 13.1. The van der Waals surface area contributed by atoms with Crippen molar-refractivity contribution in [2.75, 3.05) is 25.6 Å². The molecule has 1 N–H and O–H groups in total. The number of esters is 1. The second-order valence-electron chi connectivity index (χ2n) is 6.85. The summed E-state index contributed by atoms with van der Waals surface area (Å²) in [5.41, 5.74) is 0.0424. The number of methoxy groups -OCH3 is 1. The van der Waals surface area contributed by atoms with Gasteiger partial charge in [-0.2, -0.15) is 0 Å². The quantitative estimate of drug-likeness (QED) is 0.539. The molecule has 1 aliphatic carbocycles. The highest BCUT2D eigenvalue weighted by atomic mass is 16.5. The first-order valence-corrected chi connectivity index (χ1v) is 9.87. The van der Waals surface area contributed by atoms with E-state index in [2.05, 4.69) is 5.32 Å². The number of ether oxygens (including phenoxy) is 3. The van der Waals surface area contributed by atoms with Crippen LogP contribution in [0.3, 0.4) is 0 Å². The van der Waals surface area contributed by atoms with Gasteiger partial charge in [0, 0.05) is 12.8 Å². The molecular formula is C21H31NO5. The highest BCUT2D eigenvalue weighted by molar-refractivity contribution is 5.99. The fourth-order valence-electron chi connectivity index (χ4n) is 3.38. The third-order valence-electron chi connectivity index (χ3n) is 4.91. The summed E-state index contributed by atoms with van der Waals surface area (Å²) in [6, 6.07) is 5.05. The van der Waals surface area contributed by atoms with Gasteiger partial charge in [0.15, 0.2) is 0 Å². The zero-order chi connectivity index (χ0) is 19.7. The van der Waals surface area contributed by atoms with Gasteiger partial charge in [0.25, 0.3) is 5.91 Å². The minimum atomic E-state index is -0.808. The Balaban J connectivity index is 2.22. The van der Waals surface area contributed by atoms with E-state index in [4.69, 9.17) is 14.2 Å². The van der Waals surface area contributed by atoms with E-state index in [0.717, 1.165) is 32.1 Å². The summed E-state index contributed by atoms with van der Waals surface area (Å²) in [5.74, 6) is -0.163. The average Bonchev–Trinajstić information content (AvgIpc) is 2.93. The van der Waals surface area contributed by atoms with Crippen LogP contribution in [0.5, 0.6) is 5.75 Å². The van der Waals surface area contributed by atoms with Gasteiger partial charge in [-0.3, -0.25) is 4.79 Å². The number of benzene rings is 1. The van der Waals surface area contributed by atoms with Crippen molar-refractivity contribution in [3.8, 4) is 5.75 Å². The highest BCUT2D eigenvalue weighted by Crippen LogP contribution is 2.32. The lowest BCUT2D eigenvalue weighted by atomic mass is 9.93. The predicted octanol–water partition coefficient (Wildman–Crippen LogP) is 4.33. The molecule has 1 aliphatic rings. The van der Waals surface area contributed by atoms with Crippen LogP contribution in [0.2, 0.25) is 0 Å². The molecule has 1 amide bonds. The molecule has 0 bridgehead atoms. The van der Waals surface area contributed by atoms with Crippen LogP contribution in [0.25, 0.3) is 0 Å². The van der Waals surface area contributed by atoms with Gasteiger partial charge in [-0.25, -0.2) is 4.79 Å². The summed E-state index contributed by atoms with van der Waals surface area (Å²) < 4.78 is 16.4. The Morgan fingerprint density at radius 3 is 2.41 bits per heavy atom. The molecule has 2 rings (SSSR count). The number of carbonyl (C=O) groups excluding carboxylic acids is 2. The van der Waals surface area contributed by atoms with Crippen molar-refractivity contribution >= 4 is 17.6 Å². The van der Waals surface area contributed by atoms with Crippen molar-refractivity contribution in [3.05, 3.63) is 23.8 Å². The summed E-state index contributed by atoms with van der Waals surface area (Å²) in [5, 5.41) is 2.92. The van der Waals surface area contributed by atoms with Gasteiger partial charge >= 0.3 is 5.97 Å². The highest BCUT2D eigenvalue weighted by Gasteiger charge is 2.38. The Morgan fingerprint density at radius 2 is 1.81 bits per heavy atom. The lowest BCUT2D eigenvalue weighted by Crippen LogP contribution is -2.44. The monoisotopic (exact) mass is 377 g/mol. The molecule has 0 saturated heterocycles. The van der Waals surface area contributed by atoms with Gasteiger partial charge in [-0.05, 0) is 44.4 Å². The first-order valence-electron chi connectivity index (χ1n) is 9.87. The Bertz CT molecular complexity index is 635. The number of amides is 1. The predicted molar refractivity (Wildman–Crippen MR) is 104 cm³/mol. The van der Waals surface area contributed by atoms with Crippen LogP contribution in [0, 0.1) is 0 Å². The van der Waals surface area contributed by atoms with E-state index in [1.165, 1.54) is 0 Å². The molecule has 0 aromatic heterocycles. The van der Waals surface area contributed by atoms with Crippen LogP contribution in [0.4, 0.5) is 5.69 Å². The van der Waals surface area contributed by atoms with E-state index in [1.54, 1.807) is 32.2 Å². The summed E-state index contributed by atoms with van der Waals surface area (Å²) in [7, 11) is 1.59. The summed E-state index contributed by atoms with van der Waals surface area (Å²) in [6.07, 6.45) is 6.43. The summed E-state index contributed by atoms with van der Waals surface area (Å²) >= 11 is 0. The van der Waals surface area contributed by atoms with Crippen molar-refractivity contribution in [3.63, 3.8) is 0 Å². The Morgan fingerprint density at radius 1 is 1.11 bits per heavy atom. The molecule has 1 fully saturated rings. The summed E-state index contributed by atoms with van der Waals surface area (Å²) in [6.45, 7) is 4.53. The minimum absolute atomic E-state index is 0.163. The van der Waals surface area contributed by atoms with E-state index in [0.29, 0.717) is 36.4 Å². The van der Waals surface area contributed by atoms with Crippen molar-refractivity contribution in [1.82, 2.24) is 0 Å². The van der Waals surface area contributed by atoms with Gasteiger partial charge in [0.05, 0.1) is 13.2 Å². The molecule has 1 aromatic rings. The Hall–Kier alpha value is -2.08. The second kappa shape index (κ2) is 10.3. The lowest BCUT2D eigenvalue weighted by Gasteiger charge is -2.30. The zero-order valence-electron chi connectivity index (χ0n) is 16.6. The standard InChI is InChI=1S/C21H31NO5/c1-4-14-27-18-11-10-16(15-17(18)19(23)26-5-2)22-20(24)21(25-3)12-8-6-7-9-13-21/h10-11,15H,4-9,12-14H2,1-3H3,(H,22,24).